The fraction of sp³-hybridized carbons (Fsp3) is 0.179. The summed E-state index contributed by atoms with van der Waals surface area (Å²) in [6.45, 7) is 20.9. The van der Waals surface area contributed by atoms with E-state index in [0.29, 0.717) is 0 Å². The molecule has 0 radical (unpaired) electrons. The first-order valence-electron chi connectivity index (χ1n) is 14.4. The molecule has 0 heterocycles. The molecule has 0 bridgehead atoms. The molecule has 212 valence electrons. The van der Waals surface area contributed by atoms with Crippen molar-refractivity contribution in [2.75, 3.05) is 4.90 Å². The minimum absolute atomic E-state index is 0.969. The molecule has 1 nitrogen and oxygen atoms in total. The van der Waals surface area contributed by atoms with Gasteiger partial charge < -0.3 is 4.90 Å². The highest BCUT2D eigenvalue weighted by molar-refractivity contribution is 7.27. The van der Waals surface area contributed by atoms with Crippen LogP contribution in [0.2, 0.25) is 0 Å². The smallest absolute Gasteiger partial charge is 0.0467 e. The molecule has 0 amide bonds. The van der Waals surface area contributed by atoms with Crippen LogP contribution in [0.4, 0.5) is 17.1 Å². The van der Waals surface area contributed by atoms with Gasteiger partial charge in [0.15, 0.2) is 0 Å². The van der Waals surface area contributed by atoms with Crippen LogP contribution < -0.4 is 10.2 Å². The van der Waals surface area contributed by atoms with Gasteiger partial charge in [-0.2, -0.15) is 0 Å². The Morgan fingerprint density at radius 3 is 2.00 bits per heavy atom. The fourth-order valence-corrected chi connectivity index (χ4v) is 4.54. The monoisotopic (exact) mass is 559 g/mol. The number of para-hydroxylation sites is 1. The molecule has 1 atom stereocenters. The second-order valence-electron chi connectivity index (χ2n) is 9.41. The van der Waals surface area contributed by atoms with Crippen LogP contribution >= 0.6 is 9.24 Å². The van der Waals surface area contributed by atoms with Crippen molar-refractivity contribution in [2.45, 2.75) is 48.0 Å². The van der Waals surface area contributed by atoms with E-state index in [2.05, 4.69) is 157 Å². The Morgan fingerprint density at radius 1 is 0.805 bits per heavy atom. The maximum absolute atomic E-state index is 4.34. The highest BCUT2D eigenvalue weighted by atomic mass is 31.0. The first-order valence-corrected chi connectivity index (χ1v) is 15.0. The molecular formula is C39H46NP. The summed E-state index contributed by atoms with van der Waals surface area (Å²) in [5.41, 5.74) is 10.2. The van der Waals surface area contributed by atoms with Crippen molar-refractivity contribution in [3.63, 3.8) is 0 Å². The van der Waals surface area contributed by atoms with E-state index < -0.39 is 0 Å². The van der Waals surface area contributed by atoms with Crippen LogP contribution in [0.5, 0.6) is 0 Å². The molecule has 3 aromatic rings. The standard InChI is InChI=1S/C37H40NP.C2H6/c1-7-10-15-31(8-2)29(5)21-20-28(4)30(6)26-32(9-3)33-22-24-35(25-23-33)38(34-16-12-11-13-17-34)36-18-14-19-37(39)27-36;1-2/h7,9-27H,3,6,8,39H2,1-2,4-5H3;1-2H3/b10-7-,28-20+,29-21+,31-15+,32-26+;. The number of hydrogen-bond donors (Lipinski definition) is 0. The van der Waals surface area contributed by atoms with Crippen LogP contribution in [0.3, 0.4) is 0 Å². The quantitative estimate of drug-likeness (QED) is 0.167. The van der Waals surface area contributed by atoms with E-state index in [9.17, 15) is 0 Å². The molecule has 0 aliphatic carbocycles. The zero-order valence-electron chi connectivity index (χ0n) is 25.7. The van der Waals surface area contributed by atoms with Crippen LogP contribution in [-0.4, -0.2) is 0 Å². The van der Waals surface area contributed by atoms with Gasteiger partial charge in [0, 0.05) is 17.1 Å². The van der Waals surface area contributed by atoms with E-state index in [0.717, 1.165) is 51.1 Å². The molecule has 0 saturated carbocycles. The largest absolute Gasteiger partial charge is 0.310 e. The van der Waals surface area contributed by atoms with Gasteiger partial charge in [-0.3, -0.25) is 0 Å². The predicted octanol–water partition coefficient (Wildman–Crippen LogP) is 11.6. The first kappa shape index (κ1) is 33.3. The van der Waals surface area contributed by atoms with Gasteiger partial charge in [0.25, 0.3) is 0 Å². The highest BCUT2D eigenvalue weighted by Crippen LogP contribution is 2.35. The maximum atomic E-state index is 4.34. The molecule has 41 heavy (non-hydrogen) atoms. The maximum Gasteiger partial charge on any atom is 0.0467 e. The molecule has 3 rings (SSSR count). The number of hydrogen-bond acceptors (Lipinski definition) is 1. The van der Waals surface area contributed by atoms with Crippen LogP contribution in [0.25, 0.3) is 5.57 Å². The van der Waals surface area contributed by atoms with Gasteiger partial charge in [-0.05, 0) is 108 Å². The summed E-state index contributed by atoms with van der Waals surface area (Å²) >= 11 is 0. The Bertz CT molecular complexity index is 1430. The van der Waals surface area contributed by atoms with E-state index in [4.69, 9.17) is 0 Å². The summed E-state index contributed by atoms with van der Waals surface area (Å²) < 4.78 is 0. The van der Waals surface area contributed by atoms with Crippen molar-refractivity contribution in [3.8, 4) is 0 Å². The molecule has 0 saturated heterocycles. The molecule has 0 spiro atoms. The first-order chi connectivity index (χ1) is 19.9. The van der Waals surface area contributed by atoms with Crippen LogP contribution in [-0.2, 0) is 0 Å². The van der Waals surface area contributed by atoms with Gasteiger partial charge >= 0.3 is 0 Å². The second kappa shape index (κ2) is 17.7. The lowest BCUT2D eigenvalue weighted by molar-refractivity contribution is 1.10. The number of nitrogens with zero attached hydrogens (tertiary/aromatic N) is 1. The van der Waals surface area contributed by atoms with Gasteiger partial charge in [-0.15, -0.1) is 9.24 Å². The molecule has 0 fully saturated rings. The lowest BCUT2D eigenvalue weighted by Gasteiger charge is -2.26. The zero-order valence-corrected chi connectivity index (χ0v) is 26.8. The third-order valence-electron chi connectivity index (χ3n) is 6.62. The Labute approximate surface area is 251 Å². The topological polar surface area (TPSA) is 3.24 Å². The van der Waals surface area contributed by atoms with Gasteiger partial charge in [0.05, 0.1) is 0 Å². The third-order valence-corrected chi connectivity index (χ3v) is 6.98. The molecular weight excluding hydrogens is 513 g/mol. The lowest BCUT2D eigenvalue weighted by Crippen LogP contribution is -2.11. The van der Waals surface area contributed by atoms with Gasteiger partial charge in [-0.25, -0.2) is 0 Å². The molecule has 0 aliphatic heterocycles. The van der Waals surface area contributed by atoms with E-state index in [1.807, 2.05) is 32.9 Å². The van der Waals surface area contributed by atoms with Crippen molar-refractivity contribution < 1.29 is 0 Å². The number of benzene rings is 3. The molecule has 0 aliphatic rings. The summed E-state index contributed by atoms with van der Waals surface area (Å²) in [7, 11) is 2.79. The van der Waals surface area contributed by atoms with E-state index in [-0.39, 0.29) is 0 Å². The Morgan fingerprint density at radius 2 is 1.41 bits per heavy atom. The normalized spacial score (nSPS) is 12.6. The lowest BCUT2D eigenvalue weighted by atomic mass is 9.99. The fourth-order valence-electron chi connectivity index (χ4n) is 4.26. The Kier molecular flexibility index (Phi) is 14.4. The summed E-state index contributed by atoms with van der Waals surface area (Å²) in [5.74, 6) is 0. The summed E-state index contributed by atoms with van der Waals surface area (Å²) in [6.07, 6.45) is 15.7. The van der Waals surface area contributed by atoms with Crippen molar-refractivity contribution in [3.05, 3.63) is 162 Å². The number of rotatable bonds is 11. The second-order valence-corrected chi connectivity index (χ2v) is 10.1. The van der Waals surface area contributed by atoms with Crippen LogP contribution in [0.15, 0.2) is 157 Å². The number of anilines is 3. The van der Waals surface area contributed by atoms with Gasteiger partial charge in [0.2, 0.25) is 0 Å². The van der Waals surface area contributed by atoms with Gasteiger partial charge in [0.1, 0.15) is 0 Å². The summed E-state index contributed by atoms with van der Waals surface area (Å²) in [6, 6.07) is 27.6. The molecule has 2 heteroatoms. The third kappa shape index (κ3) is 9.89. The molecule has 1 unspecified atom stereocenters. The van der Waals surface area contributed by atoms with Crippen molar-refractivity contribution in [1.29, 1.82) is 0 Å². The minimum Gasteiger partial charge on any atom is -0.310 e. The minimum atomic E-state index is 0.969. The zero-order chi connectivity index (χ0) is 30.2. The predicted molar refractivity (Wildman–Crippen MR) is 190 cm³/mol. The van der Waals surface area contributed by atoms with Crippen molar-refractivity contribution in [2.24, 2.45) is 0 Å². The van der Waals surface area contributed by atoms with Gasteiger partial charge in [-0.1, -0.05) is 113 Å². The van der Waals surface area contributed by atoms with Crippen LogP contribution in [0, 0.1) is 0 Å². The van der Waals surface area contributed by atoms with E-state index in [1.165, 1.54) is 11.1 Å². The summed E-state index contributed by atoms with van der Waals surface area (Å²) in [4.78, 5) is 2.27. The highest BCUT2D eigenvalue weighted by Gasteiger charge is 2.12. The van der Waals surface area contributed by atoms with E-state index in [1.54, 1.807) is 0 Å². The van der Waals surface area contributed by atoms with E-state index >= 15 is 0 Å². The number of allylic oxidation sites excluding steroid dienone is 12. The average Bonchev–Trinajstić information content (AvgIpc) is 3.01. The Hall–Kier alpha value is -3.93. The van der Waals surface area contributed by atoms with Crippen molar-refractivity contribution >= 4 is 37.2 Å². The molecule has 3 aromatic carbocycles. The average molecular weight is 560 g/mol. The van der Waals surface area contributed by atoms with Crippen molar-refractivity contribution in [1.82, 2.24) is 0 Å². The summed E-state index contributed by atoms with van der Waals surface area (Å²) in [5, 5.41) is 1.15. The van der Waals surface area contributed by atoms with Crippen LogP contribution in [0.1, 0.15) is 53.5 Å². The SMILES string of the molecule is C=C/C(=C\C(=C)/C(C)=C/C=C(C)/C(=C/C=C\C)CC)c1ccc(N(c2ccccc2)c2cccc(P)c2)cc1.CC. The Balaban J connectivity index is 0.00000287. The molecule has 0 aromatic heterocycles. The molecule has 0 N–H and O–H groups in total.